The van der Waals surface area contributed by atoms with E-state index in [1.54, 1.807) is 38.1 Å². The summed E-state index contributed by atoms with van der Waals surface area (Å²) in [5.41, 5.74) is 1.73. The van der Waals surface area contributed by atoms with Gasteiger partial charge in [0.25, 0.3) is 5.91 Å². The molecular formula is C25H29F3N6O4S. The molecule has 0 bridgehead atoms. The van der Waals surface area contributed by atoms with Crippen LogP contribution in [0.3, 0.4) is 0 Å². The van der Waals surface area contributed by atoms with Crippen molar-refractivity contribution in [2.75, 3.05) is 42.4 Å². The fourth-order valence-electron chi connectivity index (χ4n) is 3.71. The quantitative estimate of drug-likeness (QED) is 0.351. The summed E-state index contributed by atoms with van der Waals surface area (Å²) in [6, 6.07) is 8.08. The molecule has 0 saturated heterocycles. The van der Waals surface area contributed by atoms with Crippen LogP contribution in [0, 0.1) is 13.8 Å². The van der Waals surface area contributed by atoms with Crippen molar-refractivity contribution < 1.29 is 31.1 Å². The third kappa shape index (κ3) is 6.88. The van der Waals surface area contributed by atoms with Crippen molar-refractivity contribution in [3.05, 3.63) is 64.3 Å². The van der Waals surface area contributed by atoms with Gasteiger partial charge in [-0.1, -0.05) is 12.1 Å². The lowest BCUT2D eigenvalue weighted by atomic mass is 10.1. The van der Waals surface area contributed by atoms with Crippen molar-refractivity contribution in [2.45, 2.75) is 26.6 Å². The first-order chi connectivity index (χ1) is 18.1. The molecule has 0 atom stereocenters. The normalized spacial score (nSPS) is 11.6. The number of amides is 1. The Bertz CT molecular complexity index is 1500. The first kappa shape index (κ1) is 29.5. The molecule has 0 aliphatic rings. The minimum atomic E-state index is -4.76. The molecule has 2 aromatic carbocycles. The van der Waals surface area contributed by atoms with Gasteiger partial charge in [-0.05, 0) is 48.7 Å². The molecule has 1 heterocycles. The van der Waals surface area contributed by atoms with Gasteiger partial charge < -0.3 is 20.7 Å². The van der Waals surface area contributed by atoms with E-state index < -0.39 is 27.6 Å². The number of rotatable bonds is 9. The molecule has 0 saturated carbocycles. The number of nitrogens with zero attached hydrogens (tertiary/aromatic N) is 3. The Hall–Kier alpha value is -4.07. The lowest BCUT2D eigenvalue weighted by Crippen LogP contribution is -2.26. The summed E-state index contributed by atoms with van der Waals surface area (Å²) in [6.07, 6.45) is -3.08. The summed E-state index contributed by atoms with van der Waals surface area (Å²) in [4.78, 5) is 20.0. The number of benzene rings is 2. The lowest BCUT2D eigenvalue weighted by molar-refractivity contribution is -0.137. The summed E-state index contributed by atoms with van der Waals surface area (Å²) in [5.74, 6) is -0.739. The van der Waals surface area contributed by atoms with Crippen molar-refractivity contribution in [3.8, 4) is 5.75 Å². The highest BCUT2D eigenvalue weighted by atomic mass is 32.2. The van der Waals surface area contributed by atoms with E-state index in [1.807, 2.05) is 0 Å². The van der Waals surface area contributed by atoms with Crippen molar-refractivity contribution >= 4 is 39.1 Å². The van der Waals surface area contributed by atoms with Crippen LogP contribution in [0.25, 0.3) is 0 Å². The van der Waals surface area contributed by atoms with E-state index in [-0.39, 0.29) is 24.1 Å². The van der Waals surface area contributed by atoms with Gasteiger partial charge in [0, 0.05) is 32.4 Å². The van der Waals surface area contributed by atoms with Gasteiger partial charge in [0.2, 0.25) is 16.0 Å². The van der Waals surface area contributed by atoms with Gasteiger partial charge in [0.05, 0.1) is 24.7 Å². The molecule has 0 aliphatic carbocycles. The molecule has 210 valence electrons. The molecule has 0 radical (unpaired) electrons. The zero-order chi connectivity index (χ0) is 29.1. The Balaban J connectivity index is 1.99. The molecule has 10 nitrogen and oxygen atoms in total. The second-order valence-corrected chi connectivity index (χ2v) is 10.8. The fraction of sp³-hybridized carbons (Fsp3) is 0.320. The van der Waals surface area contributed by atoms with E-state index in [4.69, 9.17) is 4.74 Å². The van der Waals surface area contributed by atoms with E-state index in [9.17, 15) is 26.4 Å². The third-order valence-electron chi connectivity index (χ3n) is 5.88. The molecule has 1 amide bonds. The van der Waals surface area contributed by atoms with Crippen LogP contribution in [-0.2, 0) is 22.7 Å². The Kier molecular flexibility index (Phi) is 8.58. The monoisotopic (exact) mass is 566 g/mol. The second-order valence-electron chi connectivity index (χ2n) is 8.74. The SMILES string of the molecule is CNC(=O)c1cc(OC)c(Nc2ncc(C(F)(F)F)c(NCc3ccc(C)cc3N(C)S(C)(=O)=O)n2)cc1C. The minimum Gasteiger partial charge on any atom is -0.495 e. The molecule has 0 aliphatic heterocycles. The number of sulfonamides is 1. The average Bonchev–Trinajstić information content (AvgIpc) is 2.86. The van der Waals surface area contributed by atoms with E-state index >= 15 is 0 Å². The van der Waals surface area contributed by atoms with Crippen LogP contribution in [0.5, 0.6) is 5.75 Å². The highest BCUT2D eigenvalue weighted by molar-refractivity contribution is 7.92. The van der Waals surface area contributed by atoms with Crippen molar-refractivity contribution in [3.63, 3.8) is 0 Å². The van der Waals surface area contributed by atoms with Crippen LogP contribution in [0.4, 0.5) is 36.3 Å². The number of hydrogen-bond donors (Lipinski definition) is 3. The largest absolute Gasteiger partial charge is 0.495 e. The Morgan fingerprint density at radius 3 is 2.44 bits per heavy atom. The summed E-state index contributed by atoms with van der Waals surface area (Å²) >= 11 is 0. The van der Waals surface area contributed by atoms with Crippen molar-refractivity contribution in [2.24, 2.45) is 0 Å². The van der Waals surface area contributed by atoms with Crippen LogP contribution in [0.15, 0.2) is 36.5 Å². The third-order valence-corrected chi connectivity index (χ3v) is 7.07. The first-order valence-electron chi connectivity index (χ1n) is 11.5. The van der Waals surface area contributed by atoms with Crippen LogP contribution >= 0.6 is 0 Å². The Morgan fingerprint density at radius 1 is 1.15 bits per heavy atom. The summed E-state index contributed by atoms with van der Waals surface area (Å²) in [6.45, 7) is 3.32. The van der Waals surface area contributed by atoms with Crippen molar-refractivity contribution in [1.29, 1.82) is 0 Å². The number of aryl methyl sites for hydroxylation is 2. The van der Waals surface area contributed by atoms with Crippen LogP contribution in [0.2, 0.25) is 0 Å². The predicted molar refractivity (Wildman–Crippen MR) is 143 cm³/mol. The number of anilines is 4. The summed E-state index contributed by atoms with van der Waals surface area (Å²) in [5, 5.41) is 8.06. The standard InChI is InChI=1S/C25H29F3N6O4S/c1-14-7-8-16(20(9-14)34(4)39(6,36)37)12-30-22-18(25(26,27)28)13-31-24(33-22)32-19-10-15(2)17(23(35)29-3)11-21(19)38-5/h7-11,13H,12H2,1-6H3,(H,29,35)(H2,30,31,32,33). The van der Waals surface area contributed by atoms with E-state index in [1.165, 1.54) is 27.3 Å². The molecule has 0 fully saturated rings. The van der Waals surface area contributed by atoms with Crippen LogP contribution in [-0.4, -0.2) is 51.8 Å². The maximum absolute atomic E-state index is 13.8. The molecule has 3 aromatic rings. The smallest absolute Gasteiger partial charge is 0.421 e. The zero-order valence-corrected chi connectivity index (χ0v) is 23.0. The molecule has 3 rings (SSSR count). The maximum atomic E-state index is 13.8. The minimum absolute atomic E-state index is 0.155. The van der Waals surface area contributed by atoms with Crippen LogP contribution in [0.1, 0.15) is 32.6 Å². The highest BCUT2D eigenvalue weighted by Gasteiger charge is 2.35. The predicted octanol–water partition coefficient (Wildman–Crippen LogP) is 4.23. The number of alkyl halides is 3. The van der Waals surface area contributed by atoms with E-state index in [0.717, 1.165) is 16.1 Å². The number of halogens is 3. The van der Waals surface area contributed by atoms with Gasteiger partial charge in [-0.2, -0.15) is 18.2 Å². The number of nitrogens with one attached hydrogen (secondary N) is 3. The fourth-order valence-corrected chi connectivity index (χ4v) is 4.24. The summed E-state index contributed by atoms with van der Waals surface area (Å²) < 4.78 is 72.0. The molecular weight excluding hydrogens is 537 g/mol. The molecule has 0 unspecified atom stereocenters. The Morgan fingerprint density at radius 2 is 1.85 bits per heavy atom. The van der Waals surface area contributed by atoms with Gasteiger partial charge in [-0.25, -0.2) is 13.4 Å². The zero-order valence-electron chi connectivity index (χ0n) is 22.2. The highest BCUT2D eigenvalue weighted by Crippen LogP contribution is 2.36. The first-order valence-corrected chi connectivity index (χ1v) is 13.4. The Labute approximate surface area is 224 Å². The van der Waals surface area contributed by atoms with Gasteiger partial charge in [0.1, 0.15) is 17.1 Å². The second kappa shape index (κ2) is 11.4. The molecule has 0 spiro atoms. The van der Waals surface area contributed by atoms with Gasteiger partial charge in [-0.3, -0.25) is 9.10 Å². The summed E-state index contributed by atoms with van der Waals surface area (Å²) in [7, 11) is 0.625. The molecule has 3 N–H and O–H groups in total. The number of carbonyl (C=O) groups is 1. The number of ether oxygens (including phenoxy) is 1. The molecule has 39 heavy (non-hydrogen) atoms. The molecule has 14 heteroatoms. The van der Waals surface area contributed by atoms with Gasteiger partial charge in [0.15, 0.2) is 0 Å². The number of methoxy groups -OCH3 is 1. The van der Waals surface area contributed by atoms with E-state index in [2.05, 4.69) is 25.9 Å². The average molecular weight is 567 g/mol. The maximum Gasteiger partial charge on any atom is 0.421 e. The lowest BCUT2D eigenvalue weighted by Gasteiger charge is -2.22. The van der Waals surface area contributed by atoms with Crippen molar-refractivity contribution in [1.82, 2.24) is 15.3 Å². The number of aromatic nitrogens is 2. The van der Waals surface area contributed by atoms with E-state index in [0.29, 0.717) is 34.3 Å². The topological polar surface area (TPSA) is 126 Å². The number of carbonyl (C=O) groups excluding carboxylic acids is 1. The number of hydrogen-bond acceptors (Lipinski definition) is 8. The van der Waals surface area contributed by atoms with Crippen LogP contribution < -0.4 is 25.0 Å². The van der Waals surface area contributed by atoms with Gasteiger partial charge in [-0.15, -0.1) is 0 Å². The molecule has 1 aromatic heterocycles. The van der Waals surface area contributed by atoms with Gasteiger partial charge >= 0.3 is 6.18 Å².